The van der Waals surface area contributed by atoms with E-state index >= 15 is 0 Å². The van der Waals surface area contributed by atoms with E-state index in [-0.39, 0.29) is 0 Å². The van der Waals surface area contributed by atoms with Crippen molar-refractivity contribution in [3.8, 4) is 0 Å². The van der Waals surface area contributed by atoms with Crippen molar-refractivity contribution in [1.29, 1.82) is 0 Å². The van der Waals surface area contributed by atoms with Crippen LogP contribution in [0.15, 0.2) is 19.0 Å². The Hall–Kier alpha value is -1.09. The molecule has 0 saturated carbocycles. The van der Waals surface area contributed by atoms with Gasteiger partial charge in [0.1, 0.15) is 0 Å². The smallest absolute Gasteiger partial charge is 0.0538 e. The minimum Gasteiger partial charge on any atom is -0.313 e. The van der Waals surface area contributed by atoms with Crippen molar-refractivity contribution < 1.29 is 0 Å². The molecule has 1 aromatic rings. The van der Waals surface area contributed by atoms with Gasteiger partial charge in [0.2, 0.25) is 0 Å². The molecule has 3 heteroatoms. The van der Waals surface area contributed by atoms with Gasteiger partial charge in [0.05, 0.1) is 6.20 Å². The van der Waals surface area contributed by atoms with Crippen molar-refractivity contribution in [2.45, 2.75) is 19.9 Å². The van der Waals surface area contributed by atoms with E-state index in [0.29, 0.717) is 0 Å². The normalized spacial score (nSPS) is 10.1. The highest BCUT2D eigenvalue weighted by Gasteiger charge is 1.94. The Morgan fingerprint density at radius 1 is 1.75 bits per heavy atom. The van der Waals surface area contributed by atoms with Crippen LogP contribution in [0.2, 0.25) is 0 Å². The largest absolute Gasteiger partial charge is 0.313 e. The monoisotopic (exact) mass is 165 g/mol. The van der Waals surface area contributed by atoms with Crippen LogP contribution in [0.3, 0.4) is 0 Å². The van der Waals surface area contributed by atoms with Gasteiger partial charge in [0, 0.05) is 24.5 Å². The molecule has 0 atom stereocenters. The lowest BCUT2D eigenvalue weighted by Crippen LogP contribution is -2.13. The molecule has 0 amide bonds. The average molecular weight is 165 g/mol. The van der Waals surface area contributed by atoms with Crippen LogP contribution in [0.25, 0.3) is 6.20 Å². The zero-order valence-electron chi connectivity index (χ0n) is 7.45. The summed E-state index contributed by atoms with van der Waals surface area (Å²) in [7, 11) is 0. The van der Waals surface area contributed by atoms with Crippen LogP contribution in [0, 0.1) is 0 Å². The topological polar surface area (TPSA) is 29.9 Å². The number of hydrogen-bond acceptors (Lipinski definition) is 2. The fourth-order valence-electron chi connectivity index (χ4n) is 0.978. The van der Waals surface area contributed by atoms with Gasteiger partial charge in [-0.25, -0.2) is 4.68 Å². The summed E-state index contributed by atoms with van der Waals surface area (Å²) in [5, 5.41) is 7.37. The van der Waals surface area contributed by atoms with Crippen molar-refractivity contribution in [2.24, 2.45) is 0 Å². The number of nitrogens with one attached hydrogen (secondary N) is 1. The third-order valence-corrected chi connectivity index (χ3v) is 1.60. The maximum atomic E-state index is 4.07. The van der Waals surface area contributed by atoms with Crippen LogP contribution in [-0.2, 0) is 6.54 Å². The lowest BCUT2D eigenvalue weighted by atomic mass is 10.3. The Labute approximate surface area is 73.1 Å². The Balaban J connectivity index is 2.36. The molecule has 1 heterocycles. The van der Waals surface area contributed by atoms with Crippen LogP contribution < -0.4 is 5.32 Å². The van der Waals surface area contributed by atoms with Crippen LogP contribution in [0.1, 0.15) is 18.9 Å². The first-order valence-electron chi connectivity index (χ1n) is 4.23. The zero-order valence-corrected chi connectivity index (χ0v) is 7.45. The van der Waals surface area contributed by atoms with E-state index in [1.807, 2.05) is 12.4 Å². The van der Waals surface area contributed by atoms with Crippen molar-refractivity contribution in [2.75, 3.05) is 6.54 Å². The molecular formula is C9H15N3. The van der Waals surface area contributed by atoms with Crippen LogP contribution >= 0.6 is 0 Å². The minimum atomic E-state index is 0.891. The van der Waals surface area contributed by atoms with E-state index in [0.717, 1.165) is 19.5 Å². The standard InChI is InChI=1S/C9H15N3/c1-3-5-10-6-9-7-11-12(4-2)8-9/h4,7-8,10H,2-3,5-6H2,1H3. The highest BCUT2D eigenvalue weighted by atomic mass is 15.2. The molecule has 1 N–H and O–H groups in total. The Morgan fingerprint density at radius 2 is 2.58 bits per heavy atom. The molecule has 3 nitrogen and oxygen atoms in total. The van der Waals surface area contributed by atoms with Gasteiger partial charge in [-0.3, -0.25) is 0 Å². The van der Waals surface area contributed by atoms with Gasteiger partial charge in [-0.1, -0.05) is 13.5 Å². The molecule has 0 aromatic carbocycles. The van der Waals surface area contributed by atoms with Crippen LogP contribution in [0.5, 0.6) is 0 Å². The molecule has 0 aliphatic carbocycles. The van der Waals surface area contributed by atoms with Gasteiger partial charge in [-0.15, -0.1) is 0 Å². The summed E-state index contributed by atoms with van der Waals surface area (Å²) < 4.78 is 1.71. The molecule has 12 heavy (non-hydrogen) atoms. The molecule has 0 aliphatic rings. The second kappa shape index (κ2) is 4.72. The predicted octanol–water partition coefficient (Wildman–Crippen LogP) is 1.48. The lowest BCUT2D eigenvalue weighted by Gasteiger charge is -1.97. The fraction of sp³-hybridized carbons (Fsp3) is 0.444. The molecule has 1 aromatic heterocycles. The van der Waals surface area contributed by atoms with Gasteiger partial charge in [-0.05, 0) is 13.0 Å². The quantitative estimate of drug-likeness (QED) is 0.670. The third-order valence-electron chi connectivity index (χ3n) is 1.60. The Morgan fingerprint density at radius 3 is 3.17 bits per heavy atom. The second-order valence-electron chi connectivity index (χ2n) is 2.69. The number of hydrogen-bond donors (Lipinski definition) is 1. The summed E-state index contributed by atoms with van der Waals surface area (Å²) in [6, 6.07) is 0. The van der Waals surface area contributed by atoms with Crippen molar-refractivity contribution in [3.63, 3.8) is 0 Å². The summed E-state index contributed by atoms with van der Waals surface area (Å²) in [6.07, 6.45) is 6.67. The average Bonchev–Trinajstić information content (AvgIpc) is 2.53. The first-order valence-corrected chi connectivity index (χ1v) is 4.23. The molecule has 0 bridgehead atoms. The van der Waals surface area contributed by atoms with Crippen LogP contribution in [-0.4, -0.2) is 16.3 Å². The fourth-order valence-corrected chi connectivity index (χ4v) is 0.978. The highest BCUT2D eigenvalue weighted by Crippen LogP contribution is 1.96. The van der Waals surface area contributed by atoms with Crippen molar-refractivity contribution in [3.05, 3.63) is 24.5 Å². The van der Waals surface area contributed by atoms with Crippen molar-refractivity contribution in [1.82, 2.24) is 15.1 Å². The van der Waals surface area contributed by atoms with E-state index in [1.54, 1.807) is 10.9 Å². The molecule has 0 spiro atoms. The summed E-state index contributed by atoms with van der Waals surface area (Å²) in [5.74, 6) is 0. The molecule has 0 aliphatic heterocycles. The zero-order chi connectivity index (χ0) is 8.81. The third kappa shape index (κ3) is 2.51. The molecule has 0 saturated heterocycles. The van der Waals surface area contributed by atoms with Gasteiger partial charge >= 0.3 is 0 Å². The summed E-state index contributed by atoms with van der Waals surface area (Å²) >= 11 is 0. The SMILES string of the molecule is C=Cn1cc(CNCCC)cn1. The van der Waals surface area contributed by atoms with E-state index in [9.17, 15) is 0 Å². The minimum absolute atomic E-state index is 0.891. The van der Waals surface area contributed by atoms with Gasteiger partial charge in [-0.2, -0.15) is 5.10 Å². The molecule has 66 valence electrons. The maximum absolute atomic E-state index is 4.07. The summed E-state index contributed by atoms with van der Waals surface area (Å²) in [4.78, 5) is 0. The van der Waals surface area contributed by atoms with E-state index in [4.69, 9.17) is 0 Å². The highest BCUT2D eigenvalue weighted by molar-refractivity contribution is 5.17. The van der Waals surface area contributed by atoms with Crippen molar-refractivity contribution >= 4 is 6.20 Å². The molecule has 0 unspecified atom stereocenters. The number of aromatic nitrogens is 2. The Kier molecular flexibility index (Phi) is 3.54. The molecule has 0 radical (unpaired) electrons. The predicted molar refractivity (Wildman–Crippen MR) is 50.6 cm³/mol. The second-order valence-corrected chi connectivity index (χ2v) is 2.69. The van der Waals surface area contributed by atoms with Gasteiger partial charge in [0.15, 0.2) is 0 Å². The number of nitrogens with zero attached hydrogens (tertiary/aromatic N) is 2. The van der Waals surface area contributed by atoms with Crippen LogP contribution in [0.4, 0.5) is 0 Å². The van der Waals surface area contributed by atoms with E-state index < -0.39 is 0 Å². The Bertz CT molecular complexity index is 240. The summed E-state index contributed by atoms with van der Waals surface area (Å²) in [6.45, 7) is 7.72. The first kappa shape index (κ1) is 9.00. The first-order chi connectivity index (χ1) is 5.86. The maximum Gasteiger partial charge on any atom is 0.0538 e. The summed E-state index contributed by atoms with van der Waals surface area (Å²) in [5.41, 5.74) is 1.20. The lowest BCUT2D eigenvalue weighted by molar-refractivity contribution is 0.675. The van der Waals surface area contributed by atoms with Gasteiger partial charge < -0.3 is 5.32 Å². The van der Waals surface area contributed by atoms with Gasteiger partial charge in [0.25, 0.3) is 0 Å². The molecular weight excluding hydrogens is 150 g/mol. The van der Waals surface area contributed by atoms with E-state index in [2.05, 4.69) is 23.9 Å². The molecule has 1 rings (SSSR count). The molecule has 0 fully saturated rings. The van der Waals surface area contributed by atoms with E-state index in [1.165, 1.54) is 5.56 Å². The number of rotatable bonds is 5.